The lowest BCUT2D eigenvalue weighted by atomic mass is 9.93. The molecule has 0 saturated heterocycles. The van der Waals surface area contributed by atoms with Gasteiger partial charge in [-0.05, 0) is 48.0 Å². The molecule has 5 nitrogen and oxygen atoms in total. The first-order chi connectivity index (χ1) is 28.7. The quantitative estimate of drug-likeness (QED) is 0.164. The van der Waals surface area contributed by atoms with Crippen LogP contribution in [-0.2, 0) is 0 Å². The van der Waals surface area contributed by atoms with Gasteiger partial charge < -0.3 is 8.83 Å². The lowest BCUT2D eigenvalue weighted by molar-refractivity contribution is 0.668. The minimum Gasteiger partial charge on any atom is -0.456 e. The zero-order valence-electron chi connectivity index (χ0n) is 31.1. The van der Waals surface area contributed by atoms with Crippen LogP contribution >= 0.6 is 0 Å². The summed E-state index contributed by atoms with van der Waals surface area (Å²) < 4.78 is 12.7. The molecule has 0 atom stereocenters. The van der Waals surface area contributed by atoms with E-state index in [1.165, 1.54) is 0 Å². The molecule has 0 fully saturated rings. The Morgan fingerprint density at radius 1 is 0.310 bits per heavy atom. The molecule has 0 amide bonds. The lowest BCUT2D eigenvalue weighted by Gasteiger charge is -2.14. The van der Waals surface area contributed by atoms with Crippen molar-refractivity contribution in [3.05, 3.63) is 188 Å². The predicted molar refractivity (Wildman–Crippen MR) is 237 cm³/mol. The zero-order valence-corrected chi connectivity index (χ0v) is 31.1. The van der Waals surface area contributed by atoms with Crippen molar-refractivity contribution in [3.8, 4) is 56.3 Å². The van der Waals surface area contributed by atoms with Gasteiger partial charge in [-0.15, -0.1) is 0 Å². The molecule has 0 aliphatic rings. The first-order valence-electron chi connectivity index (χ1n) is 19.4. The third-order valence-electron chi connectivity index (χ3n) is 11.3. The maximum Gasteiger partial charge on any atom is 0.160 e. The maximum absolute atomic E-state index is 6.39. The molecule has 58 heavy (non-hydrogen) atoms. The molecule has 0 N–H and O–H groups in total. The van der Waals surface area contributed by atoms with Crippen LogP contribution in [0.2, 0.25) is 0 Å². The monoisotopic (exact) mass is 741 g/mol. The SMILES string of the molecule is c1ccc(-c2cc(-c3ccc(-c4cccc5c4nc(-c4ccccc4)c4ccc6oc7ccccc7c6c45)cc3)nc(-c3ccc4c(c3)oc3ccccc34)n2)cc1. The van der Waals surface area contributed by atoms with E-state index < -0.39 is 0 Å². The fraction of sp³-hybridized carbons (Fsp3) is 0. The molecular weight excluding hydrogens is 711 g/mol. The van der Waals surface area contributed by atoms with E-state index in [-0.39, 0.29) is 0 Å². The number of hydrogen-bond donors (Lipinski definition) is 0. The molecular formula is C53H31N3O2. The van der Waals surface area contributed by atoms with Crippen LogP contribution in [0, 0.1) is 0 Å². The van der Waals surface area contributed by atoms with Crippen LogP contribution in [0.5, 0.6) is 0 Å². The second kappa shape index (κ2) is 12.8. The molecule has 0 bridgehead atoms. The maximum atomic E-state index is 6.39. The van der Waals surface area contributed by atoms with E-state index in [9.17, 15) is 0 Å². The van der Waals surface area contributed by atoms with Crippen LogP contribution in [0.4, 0.5) is 0 Å². The van der Waals surface area contributed by atoms with Gasteiger partial charge >= 0.3 is 0 Å². The standard InChI is InChI=1S/C53H31N3O2/c1-3-12-33(13-4-1)43-31-44(55-53(54-43)36-26-27-39-38-16-7-9-20-45(38)58-48(39)30-36)34-24-22-32(23-25-34)37-18-11-19-41-49-42(51(56-52(37)41)35-14-5-2-6-15-35)28-29-47-50(49)40-17-8-10-21-46(40)57-47/h1-31H. The van der Waals surface area contributed by atoms with Gasteiger partial charge in [-0.1, -0.05) is 146 Å². The Hall–Kier alpha value is -7.89. The van der Waals surface area contributed by atoms with Gasteiger partial charge in [0.2, 0.25) is 0 Å². The molecule has 0 unspecified atom stereocenters. The molecule has 0 radical (unpaired) electrons. The molecule has 0 saturated carbocycles. The van der Waals surface area contributed by atoms with Crippen LogP contribution in [0.3, 0.4) is 0 Å². The van der Waals surface area contributed by atoms with E-state index in [2.05, 4.69) is 127 Å². The highest BCUT2D eigenvalue weighted by molar-refractivity contribution is 6.29. The molecule has 8 aromatic carbocycles. The number of aromatic nitrogens is 3. The van der Waals surface area contributed by atoms with Crippen molar-refractivity contribution < 1.29 is 8.83 Å². The van der Waals surface area contributed by atoms with Gasteiger partial charge in [-0.2, -0.15) is 0 Å². The highest BCUT2D eigenvalue weighted by atomic mass is 16.3. The number of furan rings is 2. The third kappa shape index (κ3) is 5.14. The normalized spacial score (nSPS) is 11.8. The van der Waals surface area contributed by atoms with Gasteiger partial charge in [0.05, 0.1) is 22.6 Å². The van der Waals surface area contributed by atoms with Crippen molar-refractivity contribution in [2.45, 2.75) is 0 Å². The van der Waals surface area contributed by atoms with Crippen molar-refractivity contribution >= 4 is 65.6 Å². The van der Waals surface area contributed by atoms with Crippen LogP contribution in [0.25, 0.3) is 122 Å². The summed E-state index contributed by atoms with van der Waals surface area (Å²) in [6.45, 7) is 0. The number of fused-ring (bicyclic) bond motifs is 10. The number of pyridine rings is 1. The van der Waals surface area contributed by atoms with Gasteiger partial charge in [-0.3, -0.25) is 0 Å². The summed E-state index contributed by atoms with van der Waals surface area (Å²) in [6.07, 6.45) is 0. The fourth-order valence-electron chi connectivity index (χ4n) is 8.55. The predicted octanol–water partition coefficient (Wildman–Crippen LogP) is 14.3. The Bertz CT molecular complexity index is 3550. The number of nitrogens with zero attached hydrogens (tertiary/aromatic N) is 3. The molecule has 0 aliphatic heterocycles. The van der Waals surface area contributed by atoms with Crippen LogP contribution in [0.15, 0.2) is 197 Å². The number of para-hydroxylation sites is 3. The second-order valence-electron chi connectivity index (χ2n) is 14.7. The van der Waals surface area contributed by atoms with Crippen LogP contribution < -0.4 is 0 Å². The topological polar surface area (TPSA) is 65.0 Å². The average molecular weight is 742 g/mol. The Balaban J connectivity index is 1.02. The van der Waals surface area contributed by atoms with E-state index in [1.54, 1.807) is 0 Å². The van der Waals surface area contributed by atoms with Crippen molar-refractivity contribution in [1.29, 1.82) is 0 Å². The van der Waals surface area contributed by atoms with Crippen LogP contribution in [0.1, 0.15) is 0 Å². The molecule has 12 aromatic rings. The first-order valence-corrected chi connectivity index (χ1v) is 19.4. The Labute approximate surface area is 332 Å². The molecule has 12 rings (SSSR count). The van der Waals surface area contributed by atoms with Gasteiger partial charge in [-0.25, -0.2) is 15.0 Å². The van der Waals surface area contributed by atoms with E-state index >= 15 is 0 Å². The lowest BCUT2D eigenvalue weighted by Crippen LogP contribution is -1.96. The summed E-state index contributed by atoms with van der Waals surface area (Å²) in [5.74, 6) is 0.638. The van der Waals surface area contributed by atoms with Crippen molar-refractivity contribution in [1.82, 2.24) is 15.0 Å². The summed E-state index contributed by atoms with van der Waals surface area (Å²) >= 11 is 0. The summed E-state index contributed by atoms with van der Waals surface area (Å²) in [5, 5.41) is 7.70. The number of rotatable bonds is 5. The number of benzene rings is 8. The minimum absolute atomic E-state index is 0.638. The molecule has 4 heterocycles. The summed E-state index contributed by atoms with van der Waals surface area (Å²) in [4.78, 5) is 15.7. The van der Waals surface area contributed by atoms with Crippen molar-refractivity contribution in [2.75, 3.05) is 0 Å². The summed E-state index contributed by atoms with van der Waals surface area (Å²) in [6, 6.07) is 64.9. The number of hydrogen-bond acceptors (Lipinski definition) is 5. The highest BCUT2D eigenvalue weighted by Crippen LogP contribution is 2.43. The Morgan fingerprint density at radius 3 is 1.66 bits per heavy atom. The van der Waals surface area contributed by atoms with Gasteiger partial charge in [0.15, 0.2) is 5.82 Å². The van der Waals surface area contributed by atoms with Crippen LogP contribution in [-0.4, -0.2) is 15.0 Å². The molecule has 0 aliphatic carbocycles. The smallest absolute Gasteiger partial charge is 0.160 e. The minimum atomic E-state index is 0.638. The second-order valence-corrected chi connectivity index (χ2v) is 14.7. The van der Waals surface area contributed by atoms with E-state index in [4.69, 9.17) is 23.8 Å². The van der Waals surface area contributed by atoms with Gasteiger partial charge in [0.25, 0.3) is 0 Å². The van der Waals surface area contributed by atoms with Crippen molar-refractivity contribution in [2.24, 2.45) is 0 Å². The van der Waals surface area contributed by atoms with Crippen molar-refractivity contribution in [3.63, 3.8) is 0 Å². The van der Waals surface area contributed by atoms with E-state index in [1.807, 2.05) is 60.7 Å². The Morgan fingerprint density at radius 2 is 0.879 bits per heavy atom. The fourth-order valence-corrected chi connectivity index (χ4v) is 8.55. The van der Waals surface area contributed by atoms with E-state index in [0.717, 1.165) is 116 Å². The third-order valence-corrected chi connectivity index (χ3v) is 11.3. The molecule has 5 heteroatoms. The van der Waals surface area contributed by atoms with E-state index in [0.29, 0.717) is 5.82 Å². The van der Waals surface area contributed by atoms with Gasteiger partial charge in [0, 0.05) is 65.5 Å². The Kier molecular flexibility index (Phi) is 7.16. The summed E-state index contributed by atoms with van der Waals surface area (Å²) in [5.41, 5.74) is 13.1. The largest absolute Gasteiger partial charge is 0.456 e. The van der Waals surface area contributed by atoms with Gasteiger partial charge in [0.1, 0.15) is 22.3 Å². The average Bonchev–Trinajstić information content (AvgIpc) is 3.87. The highest BCUT2D eigenvalue weighted by Gasteiger charge is 2.20. The molecule has 270 valence electrons. The summed E-state index contributed by atoms with van der Waals surface area (Å²) in [7, 11) is 0. The zero-order chi connectivity index (χ0) is 38.2. The molecule has 4 aromatic heterocycles. The molecule has 0 spiro atoms. The first kappa shape index (κ1) is 32.4.